The number of nitrogens with zero attached hydrogens (tertiary/aromatic N) is 3. The number of carbonyl (C=O) groups is 2. The number of carbonyl (C=O) groups excluding carboxylic acids is 2. The van der Waals surface area contributed by atoms with E-state index in [-0.39, 0.29) is 17.4 Å². The third kappa shape index (κ3) is 2.77. The lowest BCUT2D eigenvalue weighted by Gasteiger charge is -2.05. The predicted octanol–water partition coefficient (Wildman–Crippen LogP) is 2.94. The zero-order valence-corrected chi connectivity index (χ0v) is 16.0. The summed E-state index contributed by atoms with van der Waals surface area (Å²) in [5, 5.41) is 4.31. The Hall–Kier alpha value is -4.20. The second kappa shape index (κ2) is 6.70. The molecular formula is C22H17N5O3. The minimum atomic E-state index is -0.551. The van der Waals surface area contributed by atoms with E-state index in [9.17, 15) is 9.59 Å². The summed E-state index contributed by atoms with van der Waals surface area (Å²) in [6.07, 6.45) is 3.97. The molecule has 0 amide bonds. The van der Waals surface area contributed by atoms with Crippen LogP contribution in [-0.2, 0) is 11.2 Å². The van der Waals surface area contributed by atoms with Gasteiger partial charge in [-0.3, -0.25) is 4.79 Å². The molecule has 0 bridgehead atoms. The smallest absolute Gasteiger partial charge is 0.374 e. The van der Waals surface area contributed by atoms with Gasteiger partial charge in [-0.1, -0.05) is 24.3 Å². The number of H-pyrrole nitrogens is 1. The van der Waals surface area contributed by atoms with Gasteiger partial charge >= 0.3 is 5.97 Å². The van der Waals surface area contributed by atoms with Crippen LogP contribution in [0.1, 0.15) is 32.1 Å². The summed E-state index contributed by atoms with van der Waals surface area (Å²) in [7, 11) is 1.29. The van der Waals surface area contributed by atoms with E-state index in [1.165, 1.54) is 18.0 Å². The van der Waals surface area contributed by atoms with E-state index in [0.29, 0.717) is 34.3 Å². The van der Waals surface area contributed by atoms with E-state index in [2.05, 4.69) is 19.8 Å². The Labute approximate surface area is 171 Å². The number of aromatic nitrogens is 4. The summed E-state index contributed by atoms with van der Waals surface area (Å²) in [6, 6.07) is 13.2. The second-order valence-electron chi connectivity index (χ2n) is 7.01. The third-order valence-electron chi connectivity index (χ3n) is 5.20. The number of nitrogens with one attached hydrogen (secondary N) is 1. The maximum atomic E-state index is 13.0. The molecule has 0 radical (unpaired) electrons. The zero-order chi connectivity index (χ0) is 20.8. The van der Waals surface area contributed by atoms with Crippen molar-refractivity contribution in [1.29, 1.82) is 0 Å². The van der Waals surface area contributed by atoms with Crippen molar-refractivity contribution < 1.29 is 14.3 Å². The molecule has 0 saturated heterocycles. The number of hydrogen-bond acceptors (Lipinski definition) is 6. The highest BCUT2D eigenvalue weighted by atomic mass is 16.5. The van der Waals surface area contributed by atoms with E-state index >= 15 is 0 Å². The number of ketones is 1. The number of rotatable bonds is 4. The summed E-state index contributed by atoms with van der Waals surface area (Å²) in [4.78, 5) is 31.8. The number of nitrogens with two attached hydrogens (primary N) is 1. The lowest BCUT2D eigenvalue weighted by molar-refractivity contribution is 0.0588. The Morgan fingerprint density at radius 1 is 1.20 bits per heavy atom. The maximum Gasteiger partial charge on any atom is 0.374 e. The number of hydrogen-bond donors (Lipinski definition) is 2. The van der Waals surface area contributed by atoms with E-state index in [1.54, 1.807) is 18.2 Å². The van der Waals surface area contributed by atoms with Crippen LogP contribution in [0, 0.1) is 0 Å². The first kappa shape index (κ1) is 17.9. The molecule has 1 aliphatic rings. The van der Waals surface area contributed by atoms with Crippen molar-refractivity contribution >= 4 is 34.7 Å². The fourth-order valence-electron chi connectivity index (χ4n) is 3.66. The van der Waals surface area contributed by atoms with Gasteiger partial charge in [0.15, 0.2) is 5.78 Å². The molecule has 0 fully saturated rings. The lowest BCUT2D eigenvalue weighted by Crippen LogP contribution is -2.08. The van der Waals surface area contributed by atoms with Crippen molar-refractivity contribution in [1.82, 2.24) is 19.7 Å². The monoisotopic (exact) mass is 399 g/mol. The van der Waals surface area contributed by atoms with E-state index in [4.69, 9.17) is 5.73 Å². The van der Waals surface area contributed by atoms with Gasteiger partial charge in [-0.25, -0.2) is 14.5 Å². The van der Waals surface area contributed by atoms with Crippen LogP contribution < -0.4 is 5.73 Å². The van der Waals surface area contributed by atoms with Gasteiger partial charge in [-0.15, -0.1) is 0 Å². The van der Waals surface area contributed by atoms with Gasteiger partial charge in [-0.05, 0) is 35.4 Å². The molecule has 2 aromatic carbocycles. The van der Waals surface area contributed by atoms with Crippen LogP contribution >= 0.6 is 0 Å². The van der Waals surface area contributed by atoms with Crippen LogP contribution in [0.25, 0.3) is 22.8 Å². The van der Waals surface area contributed by atoms with Gasteiger partial charge in [-0.2, -0.15) is 5.10 Å². The first-order valence-electron chi connectivity index (χ1n) is 9.30. The van der Waals surface area contributed by atoms with Crippen molar-refractivity contribution in [2.45, 2.75) is 6.42 Å². The zero-order valence-electron chi connectivity index (χ0n) is 16.0. The highest BCUT2D eigenvalue weighted by Gasteiger charge is 2.24. The molecule has 0 aliphatic heterocycles. The average molecular weight is 399 g/mol. The molecule has 1 aliphatic carbocycles. The van der Waals surface area contributed by atoms with Crippen molar-refractivity contribution in [3.63, 3.8) is 0 Å². The first-order valence-corrected chi connectivity index (χ1v) is 9.30. The SMILES string of the molecule is COC(=O)c1nc2ccc(-n3ncc(C(=O)C4=Cc5ccccc5C4)c3N)cc2[nH]1. The van der Waals surface area contributed by atoms with Gasteiger partial charge in [0.05, 0.1) is 35.6 Å². The molecule has 0 unspecified atom stereocenters. The maximum absolute atomic E-state index is 13.0. The van der Waals surface area contributed by atoms with Crippen LogP contribution in [0.2, 0.25) is 0 Å². The normalized spacial score (nSPS) is 12.6. The Kier molecular flexibility index (Phi) is 3.99. The molecule has 2 heterocycles. The molecule has 4 aromatic rings. The largest absolute Gasteiger partial charge is 0.463 e. The predicted molar refractivity (Wildman–Crippen MR) is 111 cm³/mol. The summed E-state index contributed by atoms with van der Waals surface area (Å²) >= 11 is 0. The van der Waals surface area contributed by atoms with E-state index < -0.39 is 5.97 Å². The number of ether oxygens (including phenoxy) is 1. The molecule has 0 spiro atoms. The molecule has 3 N–H and O–H groups in total. The minimum absolute atomic E-state index is 0.113. The van der Waals surface area contributed by atoms with Crippen LogP contribution in [0.5, 0.6) is 0 Å². The van der Waals surface area contributed by atoms with Crippen molar-refractivity contribution in [3.05, 3.63) is 76.7 Å². The first-order chi connectivity index (χ1) is 14.5. The molecule has 30 heavy (non-hydrogen) atoms. The highest BCUT2D eigenvalue weighted by Crippen LogP contribution is 2.29. The van der Waals surface area contributed by atoms with Gasteiger partial charge < -0.3 is 15.5 Å². The van der Waals surface area contributed by atoms with Gasteiger partial charge in [0.2, 0.25) is 5.82 Å². The number of Topliss-reactive ketones (excluding diaryl/α,β-unsaturated/α-hetero) is 1. The Bertz CT molecular complexity index is 1360. The molecule has 8 heteroatoms. The number of methoxy groups -OCH3 is 1. The van der Waals surface area contributed by atoms with Gasteiger partial charge in [0.1, 0.15) is 5.82 Å². The molecular weight excluding hydrogens is 382 g/mol. The molecule has 0 saturated carbocycles. The molecule has 5 rings (SSSR count). The minimum Gasteiger partial charge on any atom is -0.463 e. The number of imidazole rings is 1. The number of nitrogen functional groups attached to an aromatic ring is 1. The van der Waals surface area contributed by atoms with Gasteiger partial charge in [0, 0.05) is 12.0 Å². The Balaban J connectivity index is 1.48. The number of anilines is 1. The molecule has 8 nitrogen and oxygen atoms in total. The van der Waals surface area contributed by atoms with Crippen molar-refractivity contribution in [2.75, 3.05) is 12.8 Å². The number of allylic oxidation sites excluding steroid dienone is 1. The van der Waals surface area contributed by atoms with Crippen LogP contribution in [0.15, 0.2) is 54.2 Å². The molecule has 0 atom stereocenters. The fraction of sp³-hybridized carbons (Fsp3) is 0.0909. The second-order valence-corrected chi connectivity index (χ2v) is 7.01. The summed E-state index contributed by atoms with van der Waals surface area (Å²) in [5.74, 6) is -0.318. The summed E-state index contributed by atoms with van der Waals surface area (Å²) < 4.78 is 6.18. The number of benzene rings is 2. The molecule has 2 aromatic heterocycles. The number of esters is 1. The van der Waals surface area contributed by atoms with E-state index in [1.807, 2.05) is 30.3 Å². The topological polar surface area (TPSA) is 116 Å². The number of fused-ring (bicyclic) bond motifs is 2. The number of aromatic amines is 1. The standard InChI is InChI=1S/C22H17N5O3/c1-30-22(29)21-25-17-7-6-15(10-18(17)26-21)27-20(23)16(11-24-27)19(28)14-8-12-4-2-3-5-13(12)9-14/h2-8,10-11H,9,23H2,1H3,(H,25,26). The lowest BCUT2D eigenvalue weighted by atomic mass is 10.0. The van der Waals surface area contributed by atoms with Crippen molar-refractivity contribution in [3.8, 4) is 5.69 Å². The molecule has 148 valence electrons. The fourth-order valence-corrected chi connectivity index (χ4v) is 3.66. The Morgan fingerprint density at radius 2 is 2.03 bits per heavy atom. The average Bonchev–Trinajstić information content (AvgIpc) is 3.48. The van der Waals surface area contributed by atoms with Crippen molar-refractivity contribution in [2.24, 2.45) is 0 Å². The summed E-state index contributed by atoms with van der Waals surface area (Å²) in [5.41, 5.74) is 11.4. The quantitative estimate of drug-likeness (QED) is 0.403. The highest BCUT2D eigenvalue weighted by molar-refractivity contribution is 6.15. The Morgan fingerprint density at radius 3 is 2.83 bits per heavy atom. The van der Waals surface area contributed by atoms with Gasteiger partial charge in [0.25, 0.3) is 0 Å². The van der Waals surface area contributed by atoms with E-state index in [0.717, 1.165) is 11.1 Å². The van der Waals surface area contributed by atoms with Crippen LogP contribution in [0.4, 0.5) is 5.82 Å². The van der Waals surface area contributed by atoms with Crippen LogP contribution in [-0.4, -0.2) is 38.6 Å². The third-order valence-corrected chi connectivity index (χ3v) is 5.20. The summed E-state index contributed by atoms with van der Waals surface area (Å²) in [6.45, 7) is 0. The van der Waals surface area contributed by atoms with Crippen LogP contribution in [0.3, 0.4) is 0 Å².